The molecular formula is C23H21N5O. The van der Waals surface area contributed by atoms with Gasteiger partial charge in [0, 0.05) is 43.3 Å². The van der Waals surface area contributed by atoms with Crippen LogP contribution in [0.2, 0.25) is 0 Å². The van der Waals surface area contributed by atoms with E-state index in [2.05, 4.69) is 21.5 Å². The van der Waals surface area contributed by atoms with Gasteiger partial charge in [-0.05, 0) is 29.3 Å². The van der Waals surface area contributed by atoms with Crippen LogP contribution in [0.3, 0.4) is 0 Å². The summed E-state index contributed by atoms with van der Waals surface area (Å²) in [5.74, 6) is -0.144. The predicted molar refractivity (Wildman–Crippen MR) is 112 cm³/mol. The van der Waals surface area contributed by atoms with Crippen molar-refractivity contribution < 1.29 is 4.79 Å². The molecule has 2 aromatic heterocycles. The van der Waals surface area contributed by atoms with Gasteiger partial charge in [0.05, 0.1) is 18.2 Å². The maximum atomic E-state index is 12.3. The first-order valence-electron chi connectivity index (χ1n) is 9.36. The number of rotatable bonds is 7. The zero-order valence-electron chi connectivity index (χ0n) is 15.8. The molecule has 4 rings (SSSR count). The minimum Gasteiger partial charge on any atom is -0.348 e. The van der Waals surface area contributed by atoms with Crippen LogP contribution in [0.5, 0.6) is 0 Å². The second-order valence-corrected chi connectivity index (χ2v) is 6.61. The average Bonchev–Trinajstić information content (AvgIpc) is 3.44. The van der Waals surface area contributed by atoms with Gasteiger partial charge in [-0.1, -0.05) is 42.5 Å². The summed E-state index contributed by atoms with van der Waals surface area (Å²) < 4.78 is 3.79. The summed E-state index contributed by atoms with van der Waals surface area (Å²) in [4.78, 5) is 16.3. The molecule has 0 saturated carbocycles. The highest BCUT2D eigenvalue weighted by atomic mass is 16.1. The number of nitrogens with zero attached hydrogens (tertiary/aromatic N) is 4. The third kappa shape index (κ3) is 4.87. The van der Waals surface area contributed by atoms with Crippen molar-refractivity contribution in [3.8, 4) is 5.69 Å². The highest BCUT2D eigenvalue weighted by Crippen LogP contribution is 2.11. The van der Waals surface area contributed by atoms with Crippen LogP contribution < -0.4 is 5.32 Å². The van der Waals surface area contributed by atoms with Crippen LogP contribution in [-0.2, 0) is 17.9 Å². The quantitative estimate of drug-likeness (QED) is 0.497. The number of benzene rings is 2. The highest BCUT2D eigenvalue weighted by molar-refractivity contribution is 5.91. The molecule has 144 valence electrons. The van der Waals surface area contributed by atoms with E-state index in [4.69, 9.17) is 0 Å². The van der Waals surface area contributed by atoms with Crippen molar-refractivity contribution in [2.75, 3.05) is 0 Å². The molecule has 0 aliphatic rings. The lowest BCUT2D eigenvalue weighted by Crippen LogP contribution is -2.21. The first-order chi connectivity index (χ1) is 14.3. The fourth-order valence-electron chi connectivity index (χ4n) is 3.02. The van der Waals surface area contributed by atoms with E-state index in [1.54, 1.807) is 29.5 Å². The summed E-state index contributed by atoms with van der Waals surface area (Å²) in [6.45, 7) is 1.19. The number of hydrogen-bond acceptors (Lipinski definition) is 3. The van der Waals surface area contributed by atoms with Crippen molar-refractivity contribution in [2.45, 2.75) is 13.1 Å². The van der Waals surface area contributed by atoms with E-state index in [1.807, 2.05) is 65.5 Å². The van der Waals surface area contributed by atoms with E-state index < -0.39 is 0 Å². The van der Waals surface area contributed by atoms with Crippen LogP contribution in [0.15, 0.2) is 91.8 Å². The average molecular weight is 383 g/mol. The van der Waals surface area contributed by atoms with Gasteiger partial charge in [0.2, 0.25) is 5.91 Å². The monoisotopic (exact) mass is 383 g/mol. The first-order valence-corrected chi connectivity index (χ1v) is 9.36. The Hall–Kier alpha value is -3.93. The predicted octanol–water partition coefficient (Wildman–Crippen LogP) is 3.45. The summed E-state index contributed by atoms with van der Waals surface area (Å²) in [6.07, 6.45) is 12.4. The maximum absolute atomic E-state index is 12.3. The summed E-state index contributed by atoms with van der Waals surface area (Å²) in [5, 5.41) is 7.28. The van der Waals surface area contributed by atoms with E-state index in [0.29, 0.717) is 6.54 Å². The number of carbonyl (C=O) groups excluding carboxylic acids is 1. The van der Waals surface area contributed by atoms with E-state index in [9.17, 15) is 4.79 Å². The molecule has 0 saturated heterocycles. The molecule has 0 spiro atoms. The van der Waals surface area contributed by atoms with Crippen molar-refractivity contribution in [1.29, 1.82) is 0 Å². The number of aromatic nitrogens is 4. The Bertz CT molecular complexity index is 1100. The first kappa shape index (κ1) is 18.4. The van der Waals surface area contributed by atoms with Crippen molar-refractivity contribution in [3.05, 3.63) is 108 Å². The van der Waals surface area contributed by atoms with Gasteiger partial charge in [0.15, 0.2) is 0 Å². The lowest BCUT2D eigenvalue weighted by molar-refractivity contribution is -0.116. The molecule has 1 amide bonds. The Morgan fingerprint density at radius 2 is 1.83 bits per heavy atom. The van der Waals surface area contributed by atoms with Crippen LogP contribution in [0, 0.1) is 0 Å². The Morgan fingerprint density at radius 1 is 1.03 bits per heavy atom. The van der Waals surface area contributed by atoms with Gasteiger partial charge >= 0.3 is 0 Å². The topological polar surface area (TPSA) is 64.7 Å². The van der Waals surface area contributed by atoms with Crippen LogP contribution in [0.4, 0.5) is 0 Å². The molecule has 1 N–H and O–H groups in total. The molecule has 6 nitrogen and oxygen atoms in total. The number of para-hydroxylation sites is 1. The smallest absolute Gasteiger partial charge is 0.244 e. The van der Waals surface area contributed by atoms with Crippen molar-refractivity contribution in [2.24, 2.45) is 0 Å². The summed E-state index contributed by atoms with van der Waals surface area (Å²) in [5.41, 5.74) is 4.08. The maximum Gasteiger partial charge on any atom is 0.244 e. The number of carbonyl (C=O) groups is 1. The van der Waals surface area contributed by atoms with Crippen LogP contribution in [0.1, 0.15) is 16.7 Å². The van der Waals surface area contributed by atoms with E-state index in [-0.39, 0.29) is 5.91 Å². The third-order valence-electron chi connectivity index (χ3n) is 4.53. The standard InChI is InChI=1S/C23H21N5O/c29-23(11-10-19-14-26-28(16-19)22-8-2-1-3-9-22)25-15-20-6-4-5-7-21(20)17-27-13-12-24-18-27/h1-14,16,18H,15,17H2,(H,25,29)/b11-10+. The normalized spacial score (nSPS) is 11.0. The number of amides is 1. The summed E-state index contributed by atoms with van der Waals surface area (Å²) in [6, 6.07) is 17.9. The molecule has 0 aliphatic heterocycles. The van der Waals surface area contributed by atoms with Gasteiger partial charge in [-0.3, -0.25) is 4.79 Å². The Labute approximate surface area is 169 Å². The van der Waals surface area contributed by atoms with Crippen LogP contribution >= 0.6 is 0 Å². The fourth-order valence-corrected chi connectivity index (χ4v) is 3.02. The van der Waals surface area contributed by atoms with E-state index >= 15 is 0 Å². The van der Waals surface area contributed by atoms with Gasteiger partial charge in [0.1, 0.15) is 0 Å². The van der Waals surface area contributed by atoms with E-state index in [0.717, 1.165) is 28.9 Å². The van der Waals surface area contributed by atoms with Gasteiger partial charge in [0.25, 0.3) is 0 Å². The largest absolute Gasteiger partial charge is 0.348 e. The van der Waals surface area contributed by atoms with Crippen molar-refractivity contribution in [3.63, 3.8) is 0 Å². The Balaban J connectivity index is 1.36. The molecule has 0 bridgehead atoms. The molecular weight excluding hydrogens is 362 g/mol. The lowest BCUT2D eigenvalue weighted by Gasteiger charge is -2.10. The minimum atomic E-state index is -0.144. The molecule has 0 fully saturated rings. The molecule has 29 heavy (non-hydrogen) atoms. The number of hydrogen-bond donors (Lipinski definition) is 1. The van der Waals surface area contributed by atoms with Gasteiger partial charge in [-0.25, -0.2) is 9.67 Å². The number of nitrogens with one attached hydrogen (secondary N) is 1. The van der Waals surface area contributed by atoms with Gasteiger partial charge in [-0.15, -0.1) is 0 Å². The molecule has 0 unspecified atom stereocenters. The third-order valence-corrected chi connectivity index (χ3v) is 4.53. The van der Waals surface area contributed by atoms with Crippen molar-refractivity contribution >= 4 is 12.0 Å². The summed E-state index contributed by atoms with van der Waals surface area (Å²) in [7, 11) is 0. The number of imidazole rings is 1. The fraction of sp³-hybridized carbons (Fsp3) is 0.0870. The van der Waals surface area contributed by atoms with E-state index in [1.165, 1.54) is 6.08 Å². The van der Waals surface area contributed by atoms with Crippen LogP contribution in [0.25, 0.3) is 11.8 Å². The molecule has 6 heteroatoms. The second-order valence-electron chi connectivity index (χ2n) is 6.61. The van der Waals surface area contributed by atoms with Gasteiger partial charge in [-0.2, -0.15) is 5.10 Å². The molecule has 0 radical (unpaired) electrons. The Morgan fingerprint density at radius 3 is 2.62 bits per heavy atom. The zero-order chi connectivity index (χ0) is 19.9. The lowest BCUT2D eigenvalue weighted by atomic mass is 10.1. The van der Waals surface area contributed by atoms with Crippen LogP contribution in [-0.4, -0.2) is 25.2 Å². The van der Waals surface area contributed by atoms with Gasteiger partial charge < -0.3 is 9.88 Å². The zero-order valence-corrected chi connectivity index (χ0v) is 15.8. The van der Waals surface area contributed by atoms with Crippen molar-refractivity contribution in [1.82, 2.24) is 24.6 Å². The minimum absolute atomic E-state index is 0.144. The molecule has 2 aromatic carbocycles. The Kier molecular flexibility index (Phi) is 5.62. The molecule has 0 atom stereocenters. The molecule has 2 heterocycles. The highest BCUT2D eigenvalue weighted by Gasteiger charge is 2.04. The summed E-state index contributed by atoms with van der Waals surface area (Å²) >= 11 is 0. The SMILES string of the molecule is O=C(/C=C/c1cnn(-c2ccccc2)c1)NCc1ccccc1Cn1ccnc1. The molecule has 4 aromatic rings. The second kappa shape index (κ2) is 8.84. The molecule has 0 aliphatic carbocycles.